The van der Waals surface area contributed by atoms with Gasteiger partial charge >= 0.3 is 5.97 Å². The maximum absolute atomic E-state index is 12.3. The first kappa shape index (κ1) is 13.3. The minimum absolute atomic E-state index is 0.0851. The van der Waals surface area contributed by atoms with Gasteiger partial charge < -0.3 is 15.3 Å². The van der Waals surface area contributed by atoms with Crippen LogP contribution in [-0.2, 0) is 9.59 Å². The maximum Gasteiger partial charge on any atom is 0.311 e. The molecule has 0 spiro atoms. The highest BCUT2D eigenvalue weighted by atomic mass is 16.4. The van der Waals surface area contributed by atoms with E-state index in [0.29, 0.717) is 19.5 Å². The Bertz CT molecular complexity index is 339. The first-order valence-electron chi connectivity index (χ1n) is 6.78. The van der Waals surface area contributed by atoms with Crippen LogP contribution in [0.1, 0.15) is 39.0 Å². The van der Waals surface area contributed by atoms with E-state index in [9.17, 15) is 14.7 Å². The fourth-order valence-electron chi connectivity index (χ4n) is 2.89. The number of amides is 1. The number of nitrogens with zero attached hydrogens (tertiary/aromatic N) is 1. The van der Waals surface area contributed by atoms with Crippen molar-refractivity contribution in [3.05, 3.63) is 0 Å². The molecule has 0 aromatic heterocycles. The second-order valence-electron chi connectivity index (χ2n) is 5.73. The molecule has 0 aromatic carbocycles. The van der Waals surface area contributed by atoms with Gasteiger partial charge in [-0.25, -0.2) is 0 Å². The summed E-state index contributed by atoms with van der Waals surface area (Å²) in [6, 6.07) is -0.102. The SMILES string of the molecule is CC1(C(=O)O)CCCN(C(=O)C2CCCCN2)C1. The number of likely N-dealkylation sites (tertiary alicyclic amines) is 1. The van der Waals surface area contributed by atoms with E-state index >= 15 is 0 Å². The molecule has 2 aliphatic rings. The van der Waals surface area contributed by atoms with Crippen LogP contribution >= 0.6 is 0 Å². The highest BCUT2D eigenvalue weighted by molar-refractivity contribution is 5.83. The highest BCUT2D eigenvalue weighted by Crippen LogP contribution is 2.30. The summed E-state index contributed by atoms with van der Waals surface area (Å²) in [7, 11) is 0. The lowest BCUT2D eigenvalue weighted by Gasteiger charge is -2.39. The van der Waals surface area contributed by atoms with Gasteiger partial charge in [-0.1, -0.05) is 6.42 Å². The van der Waals surface area contributed by atoms with E-state index < -0.39 is 11.4 Å². The number of carboxylic acid groups (broad SMARTS) is 1. The molecule has 2 saturated heterocycles. The fraction of sp³-hybridized carbons (Fsp3) is 0.846. The molecule has 18 heavy (non-hydrogen) atoms. The van der Waals surface area contributed by atoms with Crippen LogP contribution in [0.3, 0.4) is 0 Å². The van der Waals surface area contributed by atoms with Crippen LogP contribution in [-0.4, -0.2) is 47.6 Å². The molecule has 0 bridgehead atoms. The van der Waals surface area contributed by atoms with Crippen molar-refractivity contribution in [2.24, 2.45) is 5.41 Å². The molecule has 2 rings (SSSR count). The van der Waals surface area contributed by atoms with Crippen LogP contribution in [0, 0.1) is 5.41 Å². The highest BCUT2D eigenvalue weighted by Gasteiger charge is 2.40. The number of carbonyl (C=O) groups excluding carboxylic acids is 1. The van der Waals surface area contributed by atoms with E-state index in [4.69, 9.17) is 0 Å². The van der Waals surface area contributed by atoms with Gasteiger partial charge in [0.15, 0.2) is 0 Å². The average molecular weight is 254 g/mol. The van der Waals surface area contributed by atoms with E-state index in [1.165, 1.54) is 0 Å². The number of aliphatic carboxylic acids is 1. The predicted octanol–water partition coefficient (Wildman–Crippen LogP) is 0.842. The first-order valence-corrected chi connectivity index (χ1v) is 6.78. The summed E-state index contributed by atoms with van der Waals surface area (Å²) in [6.07, 6.45) is 4.51. The van der Waals surface area contributed by atoms with Crippen LogP contribution in [0.25, 0.3) is 0 Å². The molecule has 5 heteroatoms. The molecule has 0 aromatic rings. The molecule has 102 valence electrons. The van der Waals surface area contributed by atoms with Crippen LogP contribution in [0.5, 0.6) is 0 Å². The number of carbonyl (C=O) groups is 2. The van der Waals surface area contributed by atoms with Crippen molar-refractivity contribution in [1.29, 1.82) is 0 Å². The number of hydrogen-bond donors (Lipinski definition) is 2. The van der Waals surface area contributed by atoms with E-state index in [1.54, 1.807) is 11.8 Å². The van der Waals surface area contributed by atoms with Gasteiger partial charge in [-0.05, 0) is 39.2 Å². The third kappa shape index (κ3) is 2.66. The van der Waals surface area contributed by atoms with Gasteiger partial charge in [-0.2, -0.15) is 0 Å². The largest absolute Gasteiger partial charge is 0.481 e. The van der Waals surface area contributed by atoms with Crippen LogP contribution in [0.4, 0.5) is 0 Å². The van der Waals surface area contributed by atoms with Crippen LogP contribution < -0.4 is 5.32 Å². The average Bonchev–Trinajstić information content (AvgIpc) is 2.39. The molecule has 0 saturated carbocycles. The minimum atomic E-state index is -0.795. The van der Waals surface area contributed by atoms with E-state index in [-0.39, 0.29) is 11.9 Å². The molecular formula is C13H22N2O3. The maximum atomic E-state index is 12.3. The van der Waals surface area contributed by atoms with Gasteiger partial charge in [0, 0.05) is 13.1 Å². The summed E-state index contributed by atoms with van der Waals surface area (Å²) in [4.78, 5) is 25.3. The van der Waals surface area contributed by atoms with Crippen molar-refractivity contribution in [3.8, 4) is 0 Å². The second kappa shape index (κ2) is 5.26. The molecule has 0 radical (unpaired) electrons. The normalized spacial score (nSPS) is 33.2. The van der Waals surface area contributed by atoms with E-state index in [2.05, 4.69) is 5.32 Å². The minimum Gasteiger partial charge on any atom is -0.481 e. The second-order valence-corrected chi connectivity index (χ2v) is 5.73. The van der Waals surface area contributed by atoms with Crippen LogP contribution in [0.2, 0.25) is 0 Å². The number of rotatable bonds is 2. The predicted molar refractivity (Wildman–Crippen MR) is 67.2 cm³/mol. The molecule has 2 fully saturated rings. The van der Waals surface area contributed by atoms with Gasteiger partial charge in [0.05, 0.1) is 11.5 Å². The molecule has 0 aliphatic carbocycles. The monoisotopic (exact) mass is 254 g/mol. The molecule has 2 atom stereocenters. The molecule has 2 heterocycles. The smallest absolute Gasteiger partial charge is 0.311 e. The lowest BCUT2D eigenvalue weighted by molar-refractivity contribution is -0.154. The summed E-state index contributed by atoms with van der Waals surface area (Å²) in [5.74, 6) is -0.710. The lowest BCUT2D eigenvalue weighted by Crippen LogP contribution is -2.54. The quantitative estimate of drug-likeness (QED) is 0.766. The Morgan fingerprint density at radius 1 is 1.33 bits per heavy atom. The van der Waals surface area contributed by atoms with Crippen molar-refractivity contribution in [1.82, 2.24) is 10.2 Å². The summed E-state index contributed by atoms with van der Waals surface area (Å²) >= 11 is 0. The van der Waals surface area contributed by atoms with Crippen molar-refractivity contribution in [3.63, 3.8) is 0 Å². The van der Waals surface area contributed by atoms with Gasteiger partial charge in [0.1, 0.15) is 0 Å². The molecule has 5 nitrogen and oxygen atoms in total. The standard InChI is InChI=1S/C13H22N2O3/c1-13(12(17)18)6-4-8-15(9-13)11(16)10-5-2-3-7-14-10/h10,14H,2-9H2,1H3,(H,17,18). The number of piperidine rings is 2. The summed E-state index contributed by atoms with van der Waals surface area (Å²) in [5.41, 5.74) is -0.775. The molecule has 2 aliphatic heterocycles. The van der Waals surface area contributed by atoms with Crippen molar-refractivity contribution in [2.45, 2.75) is 45.1 Å². The third-order valence-electron chi connectivity index (χ3n) is 4.13. The summed E-state index contributed by atoms with van der Waals surface area (Å²) in [6.45, 7) is 3.67. The summed E-state index contributed by atoms with van der Waals surface area (Å²) < 4.78 is 0. The van der Waals surface area contributed by atoms with Crippen molar-refractivity contribution in [2.75, 3.05) is 19.6 Å². The van der Waals surface area contributed by atoms with Gasteiger partial charge in [-0.15, -0.1) is 0 Å². The Kier molecular flexibility index (Phi) is 3.90. The van der Waals surface area contributed by atoms with E-state index in [1.807, 2.05) is 0 Å². The number of nitrogens with one attached hydrogen (secondary N) is 1. The molecule has 2 N–H and O–H groups in total. The Morgan fingerprint density at radius 3 is 2.72 bits per heavy atom. The van der Waals surface area contributed by atoms with Gasteiger partial charge in [-0.3, -0.25) is 9.59 Å². The Morgan fingerprint density at radius 2 is 2.11 bits per heavy atom. The number of carboxylic acids is 1. The lowest BCUT2D eigenvalue weighted by atomic mass is 9.81. The van der Waals surface area contributed by atoms with E-state index in [0.717, 1.165) is 32.2 Å². The molecular weight excluding hydrogens is 232 g/mol. The zero-order valence-electron chi connectivity index (χ0n) is 10.9. The Labute approximate surface area is 108 Å². The van der Waals surface area contributed by atoms with Crippen molar-refractivity contribution < 1.29 is 14.7 Å². The third-order valence-corrected chi connectivity index (χ3v) is 4.13. The van der Waals surface area contributed by atoms with Gasteiger partial charge in [0.25, 0.3) is 0 Å². The van der Waals surface area contributed by atoms with Crippen molar-refractivity contribution >= 4 is 11.9 Å². The fourth-order valence-corrected chi connectivity index (χ4v) is 2.89. The van der Waals surface area contributed by atoms with Crippen LogP contribution in [0.15, 0.2) is 0 Å². The Hall–Kier alpha value is -1.10. The zero-order chi connectivity index (χ0) is 13.2. The topological polar surface area (TPSA) is 69.6 Å². The molecule has 2 unspecified atom stereocenters. The first-order chi connectivity index (χ1) is 8.53. The molecule has 1 amide bonds. The van der Waals surface area contributed by atoms with Gasteiger partial charge in [0.2, 0.25) is 5.91 Å². The Balaban J connectivity index is 1.99. The summed E-state index contributed by atoms with van der Waals surface area (Å²) in [5, 5.41) is 12.5. The number of hydrogen-bond acceptors (Lipinski definition) is 3. The zero-order valence-corrected chi connectivity index (χ0v) is 10.9.